The summed E-state index contributed by atoms with van der Waals surface area (Å²) in [5, 5.41) is 10.6. The van der Waals surface area contributed by atoms with Crippen molar-refractivity contribution < 1.29 is 5.11 Å². The van der Waals surface area contributed by atoms with Gasteiger partial charge in [0.2, 0.25) is 0 Å². The second-order valence-corrected chi connectivity index (χ2v) is 5.37. The number of phenols is 1. The van der Waals surface area contributed by atoms with Gasteiger partial charge in [0.1, 0.15) is 5.75 Å². The molecular weight excluding hydrogens is 272 g/mol. The van der Waals surface area contributed by atoms with E-state index < -0.39 is 0 Å². The van der Waals surface area contributed by atoms with Gasteiger partial charge in [0.15, 0.2) is 0 Å². The molecule has 1 aromatic carbocycles. The Hall–Kier alpha value is -0.250. The lowest BCUT2D eigenvalue weighted by Crippen LogP contribution is -1.77. The molecule has 2 aromatic rings. The molecule has 1 N–H and O–H groups in total. The van der Waals surface area contributed by atoms with E-state index in [0.29, 0.717) is 11.6 Å². The highest BCUT2D eigenvalue weighted by Crippen LogP contribution is 2.37. The van der Waals surface area contributed by atoms with Crippen molar-refractivity contribution >= 4 is 49.0 Å². The molecular formula is C9H6BrClOS. The zero-order valence-electron chi connectivity index (χ0n) is 6.55. The van der Waals surface area contributed by atoms with Gasteiger partial charge < -0.3 is 5.11 Å². The molecule has 0 fully saturated rings. The van der Waals surface area contributed by atoms with Crippen molar-refractivity contribution in [3.63, 3.8) is 0 Å². The topological polar surface area (TPSA) is 20.2 Å². The second kappa shape index (κ2) is 3.48. The molecule has 13 heavy (non-hydrogen) atoms. The summed E-state index contributed by atoms with van der Waals surface area (Å²) >= 11 is 10.7. The van der Waals surface area contributed by atoms with Gasteiger partial charge in [-0.25, -0.2) is 0 Å². The summed E-state index contributed by atoms with van der Waals surface area (Å²) in [4.78, 5) is 0. The Labute approximate surface area is 93.1 Å². The molecule has 0 aliphatic carbocycles. The number of thiophene rings is 1. The molecule has 68 valence electrons. The zero-order valence-corrected chi connectivity index (χ0v) is 9.71. The normalized spacial score (nSPS) is 10.9. The lowest BCUT2D eigenvalue weighted by molar-refractivity contribution is 0.482. The number of benzene rings is 1. The van der Waals surface area contributed by atoms with Crippen LogP contribution in [0, 0.1) is 0 Å². The highest BCUT2D eigenvalue weighted by molar-refractivity contribution is 9.11. The zero-order chi connectivity index (χ0) is 9.42. The third-order valence-corrected chi connectivity index (χ3v) is 3.82. The molecule has 0 aliphatic rings. The van der Waals surface area contributed by atoms with E-state index in [1.165, 1.54) is 11.3 Å². The smallest absolute Gasteiger partial charge is 0.133 e. The maximum Gasteiger partial charge on any atom is 0.133 e. The van der Waals surface area contributed by atoms with Crippen molar-refractivity contribution in [1.29, 1.82) is 0 Å². The quantitative estimate of drug-likeness (QED) is 0.778. The van der Waals surface area contributed by atoms with Crippen LogP contribution in [0.25, 0.3) is 10.1 Å². The van der Waals surface area contributed by atoms with Crippen LogP contribution in [0.15, 0.2) is 22.0 Å². The molecule has 0 saturated heterocycles. The number of fused-ring (bicyclic) bond motifs is 1. The molecule has 1 heterocycles. The number of halogens is 2. The molecule has 1 aromatic heterocycles. The number of hydrogen-bond donors (Lipinski definition) is 1. The molecule has 0 radical (unpaired) electrons. The Balaban J connectivity index is 2.83. The van der Waals surface area contributed by atoms with E-state index in [1.54, 1.807) is 6.07 Å². The Morgan fingerprint density at radius 1 is 1.46 bits per heavy atom. The third-order valence-electron chi connectivity index (χ3n) is 1.87. The third kappa shape index (κ3) is 1.56. The molecule has 0 unspecified atom stereocenters. The number of phenolic OH excluding ortho intramolecular Hbond substituents is 1. The highest BCUT2D eigenvalue weighted by atomic mass is 79.9. The molecule has 2 rings (SSSR count). The molecule has 4 heteroatoms. The van der Waals surface area contributed by atoms with Crippen LogP contribution in [-0.2, 0) is 5.88 Å². The Morgan fingerprint density at radius 2 is 2.23 bits per heavy atom. The monoisotopic (exact) mass is 276 g/mol. The van der Waals surface area contributed by atoms with Crippen LogP contribution in [-0.4, -0.2) is 5.11 Å². The Kier molecular flexibility index (Phi) is 2.49. The first-order valence-corrected chi connectivity index (χ1v) is 5.82. The summed E-state index contributed by atoms with van der Waals surface area (Å²) in [5.74, 6) is 0.791. The summed E-state index contributed by atoms with van der Waals surface area (Å²) in [6.45, 7) is 0. The van der Waals surface area contributed by atoms with Crippen molar-refractivity contribution in [3.05, 3.63) is 27.5 Å². The van der Waals surface area contributed by atoms with Gasteiger partial charge in [-0.2, -0.15) is 0 Å². The van der Waals surface area contributed by atoms with Crippen molar-refractivity contribution in [3.8, 4) is 5.75 Å². The first-order valence-electron chi connectivity index (χ1n) is 3.68. The van der Waals surface area contributed by atoms with Crippen LogP contribution >= 0.6 is 38.9 Å². The fourth-order valence-corrected chi connectivity index (χ4v) is 3.04. The van der Waals surface area contributed by atoms with Crippen LogP contribution < -0.4 is 0 Å². The van der Waals surface area contributed by atoms with Gasteiger partial charge in [-0.1, -0.05) is 6.07 Å². The van der Waals surface area contributed by atoms with Crippen molar-refractivity contribution in [2.24, 2.45) is 0 Å². The predicted molar refractivity (Wildman–Crippen MR) is 60.7 cm³/mol. The van der Waals surface area contributed by atoms with Gasteiger partial charge in [-0.15, -0.1) is 22.9 Å². The van der Waals surface area contributed by atoms with Gasteiger partial charge in [-0.05, 0) is 33.6 Å². The van der Waals surface area contributed by atoms with E-state index in [9.17, 15) is 5.11 Å². The largest absolute Gasteiger partial charge is 0.506 e. The molecule has 0 bridgehead atoms. The summed E-state index contributed by atoms with van der Waals surface area (Å²) in [5.41, 5.74) is 1.05. The number of aromatic hydroxyl groups is 1. The van der Waals surface area contributed by atoms with Crippen molar-refractivity contribution in [2.75, 3.05) is 0 Å². The molecule has 1 nitrogen and oxygen atoms in total. The van der Waals surface area contributed by atoms with Gasteiger partial charge in [0, 0.05) is 11.3 Å². The van der Waals surface area contributed by atoms with E-state index >= 15 is 0 Å². The van der Waals surface area contributed by atoms with Crippen LogP contribution in [0.5, 0.6) is 5.75 Å². The average molecular weight is 278 g/mol. The Morgan fingerprint density at radius 3 is 2.92 bits per heavy atom. The lowest BCUT2D eigenvalue weighted by atomic mass is 10.1. The minimum absolute atomic E-state index is 0.319. The van der Waals surface area contributed by atoms with Crippen molar-refractivity contribution in [1.82, 2.24) is 0 Å². The minimum atomic E-state index is 0.319. The van der Waals surface area contributed by atoms with Crippen LogP contribution in [0.4, 0.5) is 0 Å². The summed E-state index contributed by atoms with van der Waals surface area (Å²) in [7, 11) is 0. The van der Waals surface area contributed by atoms with E-state index in [-0.39, 0.29) is 0 Å². The van der Waals surface area contributed by atoms with Crippen molar-refractivity contribution in [2.45, 2.75) is 5.88 Å². The van der Waals surface area contributed by atoms with E-state index in [2.05, 4.69) is 15.9 Å². The molecule has 0 spiro atoms. The predicted octanol–water partition coefficient (Wildman–Crippen LogP) is 4.11. The second-order valence-electron chi connectivity index (χ2n) is 2.67. The van der Waals surface area contributed by atoms with E-state index in [1.807, 2.05) is 12.1 Å². The minimum Gasteiger partial charge on any atom is -0.506 e. The van der Waals surface area contributed by atoms with Crippen LogP contribution in [0.3, 0.4) is 0 Å². The Bertz CT molecular complexity index is 452. The van der Waals surface area contributed by atoms with E-state index in [0.717, 1.165) is 19.4 Å². The first kappa shape index (κ1) is 9.31. The van der Waals surface area contributed by atoms with Gasteiger partial charge in [-0.3, -0.25) is 0 Å². The average Bonchev–Trinajstić information content (AvgIpc) is 2.48. The number of rotatable bonds is 1. The standard InChI is InChI=1S/C9H6BrClOS/c10-8-3-6-5(4-11)1-2-7(12)9(6)13-8/h1-3,12H,4H2. The summed E-state index contributed by atoms with van der Waals surface area (Å²) in [6, 6.07) is 5.52. The summed E-state index contributed by atoms with van der Waals surface area (Å²) in [6.07, 6.45) is 0. The molecule has 0 saturated carbocycles. The number of hydrogen-bond acceptors (Lipinski definition) is 2. The summed E-state index contributed by atoms with van der Waals surface area (Å²) < 4.78 is 1.90. The van der Waals surface area contributed by atoms with E-state index in [4.69, 9.17) is 11.6 Å². The number of alkyl halides is 1. The molecule has 0 aliphatic heterocycles. The molecule has 0 atom stereocenters. The van der Waals surface area contributed by atoms with Crippen LogP contribution in [0.2, 0.25) is 0 Å². The van der Waals surface area contributed by atoms with Gasteiger partial charge >= 0.3 is 0 Å². The highest BCUT2D eigenvalue weighted by Gasteiger charge is 2.07. The first-order chi connectivity index (χ1) is 6.22. The SMILES string of the molecule is Oc1ccc(CCl)c2cc(Br)sc12. The fourth-order valence-electron chi connectivity index (χ4n) is 1.25. The lowest BCUT2D eigenvalue weighted by Gasteiger charge is -1.99. The van der Waals surface area contributed by atoms with Crippen LogP contribution in [0.1, 0.15) is 5.56 Å². The van der Waals surface area contributed by atoms with Gasteiger partial charge in [0.25, 0.3) is 0 Å². The fraction of sp³-hybridized carbons (Fsp3) is 0.111. The maximum atomic E-state index is 9.55. The molecule has 0 amide bonds. The van der Waals surface area contributed by atoms with Gasteiger partial charge in [0.05, 0.1) is 8.49 Å². The maximum absolute atomic E-state index is 9.55.